The number of nitrogens with zero attached hydrogens (tertiary/aromatic N) is 1. The number of amides is 1. The summed E-state index contributed by atoms with van der Waals surface area (Å²) in [6.45, 7) is 5.55. The van der Waals surface area contributed by atoms with Crippen LogP contribution in [0.25, 0.3) is 0 Å². The van der Waals surface area contributed by atoms with Crippen molar-refractivity contribution in [2.75, 3.05) is 5.88 Å². The van der Waals surface area contributed by atoms with E-state index in [1.54, 1.807) is 38.3 Å². The molecule has 0 aliphatic rings. The van der Waals surface area contributed by atoms with Gasteiger partial charge >= 0.3 is 5.97 Å². The summed E-state index contributed by atoms with van der Waals surface area (Å²) in [6.07, 6.45) is 3.04. The molecule has 24 heavy (non-hydrogen) atoms. The van der Waals surface area contributed by atoms with Crippen molar-refractivity contribution in [3.8, 4) is 0 Å². The summed E-state index contributed by atoms with van der Waals surface area (Å²) in [5.41, 5.74) is -0.356. The number of aromatic nitrogens is 1. The highest BCUT2D eigenvalue weighted by Crippen LogP contribution is 2.15. The molecule has 0 aromatic carbocycles. The molecule has 1 heterocycles. The Morgan fingerprint density at radius 3 is 2.83 bits per heavy atom. The molecule has 0 spiro atoms. The molecule has 0 saturated carbocycles. The zero-order valence-corrected chi connectivity index (χ0v) is 15.6. The number of rotatable bonds is 8. The van der Waals surface area contributed by atoms with Crippen LogP contribution in [0.3, 0.4) is 0 Å². The van der Waals surface area contributed by atoms with Gasteiger partial charge in [-0.05, 0) is 27.2 Å². The minimum Gasteiger partial charge on any atom is -0.455 e. The summed E-state index contributed by atoms with van der Waals surface area (Å²) in [4.78, 5) is 27.8. The average Bonchev–Trinajstić information content (AvgIpc) is 2.92. The predicted molar refractivity (Wildman–Crippen MR) is 94.2 cm³/mol. The molecule has 1 amide bonds. The number of hydrogen-bond acceptors (Lipinski definition) is 6. The number of alkyl halides is 1. The Bertz CT molecular complexity index is 581. The highest BCUT2D eigenvalue weighted by molar-refractivity contribution is 7.09. The molecule has 1 unspecified atom stereocenters. The third kappa shape index (κ3) is 8.42. The van der Waals surface area contributed by atoms with E-state index in [9.17, 15) is 14.7 Å². The van der Waals surface area contributed by atoms with Crippen molar-refractivity contribution >= 4 is 34.8 Å². The van der Waals surface area contributed by atoms with Crippen molar-refractivity contribution in [2.45, 2.75) is 51.9 Å². The summed E-state index contributed by atoms with van der Waals surface area (Å²) in [5, 5.41) is 14.5. The van der Waals surface area contributed by atoms with Gasteiger partial charge in [-0.1, -0.05) is 12.2 Å². The molecule has 1 aromatic rings. The van der Waals surface area contributed by atoms with Crippen molar-refractivity contribution in [3.63, 3.8) is 0 Å². The lowest BCUT2D eigenvalue weighted by atomic mass is 10.2. The quantitative estimate of drug-likeness (QED) is 0.415. The monoisotopic (exact) mass is 374 g/mol. The van der Waals surface area contributed by atoms with Crippen LogP contribution < -0.4 is 5.32 Å². The van der Waals surface area contributed by atoms with Crippen LogP contribution in [0, 0.1) is 0 Å². The second-order valence-corrected chi connectivity index (χ2v) is 7.40. The minimum absolute atomic E-state index is 0.0386. The van der Waals surface area contributed by atoms with Crippen LogP contribution in [0.4, 0.5) is 0 Å². The van der Waals surface area contributed by atoms with Crippen LogP contribution in [0.5, 0.6) is 0 Å². The smallest absolute Gasteiger partial charge is 0.358 e. The summed E-state index contributed by atoms with van der Waals surface area (Å²) >= 11 is 6.78. The van der Waals surface area contributed by atoms with E-state index in [1.807, 2.05) is 0 Å². The van der Waals surface area contributed by atoms with Gasteiger partial charge in [0.25, 0.3) is 0 Å². The molecule has 2 N–H and O–H groups in total. The van der Waals surface area contributed by atoms with Gasteiger partial charge in [0, 0.05) is 11.3 Å². The van der Waals surface area contributed by atoms with E-state index in [0.717, 1.165) is 0 Å². The Balaban J connectivity index is 2.43. The van der Waals surface area contributed by atoms with Gasteiger partial charge in [0.1, 0.15) is 10.6 Å². The van der Waals surface area contributed by atoms with Gasteiger partial charge in [0.2, 0.25) is 5.91 Å². The zero-order valence-electron chi connectivity index (χ0n) is 14.0. The number of carbonyl (C=O) groups excluding carboxylic acids is 2. The molecule has 134 valence electrons. The predicted octanol–water partition coefficient (Wildman–Crippen LogP) is 2.65. The Labute approximate surface area is 150 Å². The molecule has 1 rings (SSSR count). The SMILES string of the molecule is CC(C)(C)OC(=O)c1csc(CNC(=O)CC(O)/C=C/CCCl)n1. The third-order valence-corrected chi connectivity index (χ3v) is 3.69. The first kappa shape index (κ1) is 20.6. The van der Waals surface area contributed by atoms with Crippen LogP contribution in [0.1, 0.15) is 49.1 Å². The normalized spacial score (nSPS) is 13.0. The standard InChI is InChI=1S/C16H23ClN2O4S/c1-16(2,3)23-15(22)12-10-24-14(19-12)9-18-13(21)8-11(20)6-4-5-7-17/h4,6,10-11,20H,5,7-9H2,1-3H3,(H,18,21)/b6-4+. The molecule has 0 fully saturated rings. The van der Waals surface area contributed by atoms with E-state index >= 15 is 0 Å². The van der Waals surface area contributed by atoms with Crippen molar-refractivity contribution < 1.29 is 19.4 Å². The highest BCUT2D eigenvalue weighted by atomic mass is 35.5. The number of aliphatic hydroxyl groups is 1. The first-order valence-electron chi connectivity index (χ1n) is 7.56. The molecule has 0 radical (unpaired) electrons. The van der Waals surface area contributed by atoms with E-state index in [4.69, 9.17) is 16.3 Å². The molecule has 0 saturated heterocycles. The van der Waals surface area contributed by atoms with Gasteiger partial charge in [-0.3, -0.25) is 4.79 Å². The van der Waals surface area contributed by atoms with Crippen molar-refractivity contribution in [3.05, 3.63) is 28.2 Å². The summed E-state index contributed by atoms with van der Waals surface area (Å²) in [5.74, 6) is -0.317. The molecular formula is C16H23ClN2O4S. The van der Waals surface area contributed by atoms with Gasteiger partial charge in [0.05, 0.1) is 19.1 Å². The van der Waals surface area contributed by atoms with Crippen molar-refractivity contribution in [2.24, 2.45) is 0 Å². The largest absolute Gasteiger partial charge is 0.455 e. The van der Waals surface area contributed by atoms with Gasteiger partial charge in [0.15, 0.2) is 5.69 Å². The molecule has 0 bridgehead atoms. The van der Waals surface area contributed by atoms with Gasteiger partial charge in [-0.2, -0.15) is 0 Å². The second kappa shape index (κ2) is 9.76. The Morgan fingerprint density at radius 2 is 2.21 bits per heavy atom. The number of carbonyl (C=O) groups is 2. The van der Waals surface area contributed by atoms with E-state index in [-0.39, 0.29) is 24.6 Å². The molecule has 8 heteroatoms. The number of thiazole rings is 1. The molecular weight excluding hydrogens is 352 g/mol. The summed E-state index contributed by atoms with van der Waals surface area (Å²) < 4.78 is 5.23. The third-order valence-electron chi connectivity index (χ3n) is 2.63. The van der Waals surface area contributed by atoms with Crippen LogP contribution >= 0.6 is 22.9 Å². The molecule has 0 aliphatic heterocycles. The number of hydrogen-bond donors (Lipinski definition) is 2. The summed E-state index contributed by atoms with van der Waals surface area (Å²) in [7, 11) is 0. The maximum Gasteiger partial charge on any atom is 0.358 e. The van der Waals surface area contributed by atoms with Gasteiger partial charge < -0.3 is 15.2 Å². The number of aliphatic hydroxyl groups excluding tert-OH is 1. The summed E-state index contributed by atoms with van der Waals surface area (Å²) in [6, 6.07) is 0. The lowest BCUT2D eigenvalue weighted by molar-refractivity contribution is -0.122. The Morgan fingerprint density at radius 1 is 1.50 bits per heavy atom. The zero-order chi connectivity index (χ0) is 18.2. The topological polar surface area (TPSA) is 88.5 Å². The van der Waals surface area contributed by atoms with Crippen LogP contribution in [0.2, 0.25) is 0 Å². The lowest BCUT2D eigenvalue weighted by Gasteiger charge is -2.18. The number of halogens is 1. The highest BCUT2D eigenvalue weighted by Gasteiger charge is 2.20. The van der Waals surface area contributed by atoms with E-state index in [0.29, 0.717) is 17.3 Å². The van der Waals surface area contributed by atoms with Crippen LogP contribution in [-0.2, 0) is 16.1 Å². The minimum atomic E-state index is -0.846. The fourth-order valence-corrected chi connectivity index (χ4v) is 2.47. The number of ether oxygens (including phenoxy) is 1. The second-order valence-electron chi connectivity index (χ2n) is 6.08. The van der Waals surface area contributed by atoms with Crippen molar-refractivity contribution in [1.82, 2.24) is 10.3 Å². The number of esters is 1. The lowest BCUT2D eigenvalue weighted by Crippen LogP contribution is -2.26. The van der Waals surface area contributed by atoms with E-state index in [2.05, 4.69) is 10.3 Å². The average molecular weight is 375 g/mol. The maximum absolute atomic E-state index is 11.9. The maximum atomic E-state index is 11.9. The Hall–Kier alpha value is -1.44. The first-order chi connectivity index (χ1) is 11.2. The fraction of sp³-hybridized carbons (Fsp3) is 0.562. The molecule has 1 atom stereocenters. The molecule has 0 aliphatic carbocycles. The van der Waals surface area contributed by atoms with Crippen LogP contribution in [-0.4, -0.2) is 39.6 Å². The number of allylic oxidation sites excluding steroid dienone is 1. The van der Waals surface area contributed by atoms with E-state index in [1.165, 1.54) is 11.3 Å². The van der Waals surface area contributed by atoms with Crippen LogP contribution in [0.15, 0.2) is 17.5 Å². The van der Waals surface area contributed by atoms with Gasteiger partial charge in [-0.15, -0.1) is 22.9 Å². The number of nitrogens with one attached hydrogen (secondary N) is 1. The fourth-order valence-electron chi connectivity index (χ4n) is 1.64. The van der Waals surface area contributed by atoms with Crippen molar-refractivity contribution in [1.29, 1.82) is 0 Å². The molecule has 1 aromatic heterocycles. The Kier molecular flexibility index (Phi) is 8.38. The van der Waals surface area contributed by atoms with Gasteiger partial charge in [-0.25, -0.2) is 9.78 Å². The first-order valence-corrected chi connectivity index (χ1v) is 8.98. The van der Waals surface area contributed by atoms with E-state index < -0.39 is 17.7 Å². The molecule has 6 nitrogen and oxygen atoms in total.